The van der Waals surface area contributed by atoms with Crippen molar-refractivity contribution in [2.75, 3.05) is 46.4 Å². The molecule has 1 spiro atoms. The molecule has 0 aromatic carbocycles. The van der Waals surface area contributed by atoms with E-state index in [2.05, 4.69) is 16.8 Å². The Morgan fingerprint density at radius 3 is 2.44 bits per heavy atom. The molecule has 0 bridgehead atoms. The highest BCUT2D eigenvalue weighted by Gasteiger charge is 2.39. The van der Waals surface area contributed by atoms with Crippen LogP contribution in [0.4, 0.5) is 0 Å². The Labute approximate surface area is 100 Å². The molecule has 96 valence electrons. The molecule has 2 aliphatic heterocycles. The molecule has 0 aliphatic carbocycles. The number of hydrogen-bond acceptors (Lipinski definition) is 3. The standard InChI is InChI=1S/C11H22N2O.C2H6/c1-12-6-4-11(9-12)3-2-5-13(10-11)7-8-14;1-2/h14H,2-10H2,1H3;1-2H3. The fraction of sp³-hybridized carbons (Fsp3) is 1.00. The third kappa shape index (κ3) is 3.44. The summed E-state index contributed by atoms with van der Waals surface area (Å²) in [5.41, 5.74) is 0.558. The highest BCUT2D eigenvalue weighted by atomic mass is 16.3. The quantitative estimate of drug-likeness (QED) is 0.774. The third-order valence-electron chi connectivity index (χ3n) is 3.79. The minimum Gasteiger partial charge on any atom is -0.395 e. The summed E-state index contributed by atoms with van der Waals surface area (Å²) in [4.78, 5) is 4.88. The smallest absolute Gasteiger partial charge is 0.0558 e. The van der Waals surface area contributed by atoms with Gasteiger partial charge in [-0.05, 0) is 44.8 Å². The lowest BCUT2D eigenvalue weighted by atomic mass is 9.79. The molecule has 1 atom stereocenters. The Morgan fingerprint density at radius 2 is 1.88 bits per heavy atom. The van der Waals surface area contributed by atoms with E-state index in [4.69, 9.17) is 5.11 Å². The molecule has 1 N–H and O–H groups in total. The van der Waals surface area contributed by atoms with Crippen LogP contribution in [0.15, 0.2) is 0 Å². The molecule has 2 rings (SSSR count). The Morgan fingerprint density at radius 1 is 1.12 bits per heavy atom. The molecule has 1 unspecified atom stereocenters. The number of hydrogen-bond donors (Lipinski definition) is 1. The summed E-state index contributed by atoms with van der Waals surface area (Å²) in [6.45, 7) is 10.1. The average Bonchev–Trinajstić information content (AvgIpc) is 2.63. The number of aliphatic hydroxyl groups is 1. The van der Waals surface area contributed by atoms with E-state index in [0.717, 1.165) is 6.54 Å². The van der Waals surface area contributed by atoms with E-state index < -0.39 is 0 Å². The van der Waals surface area contributed by atoms with Crippen LogP contribution in [0, 0.1) is 5.41 Å². The fourth-order valence-electron chi connectivity index (χ4n) is 3.13. The number of rotatable bonds is 2. The molecular formula is C13H28N2O. The summed E-state index contributed by atoms with van der Waals surface area (Å²) < 4.78 is 0. The zero-order valence-electron chi connectivity index (χ0n) is 11.2. The monoisotopic (exact) mass is 228 g/mol. The van der Waals surface area contributed by atoms with Gasteiger partial charge in [-0.2, -0.15) is 0 Å². The van der Waals surface area contributed by atoms with Gasteiger partial charge in [0.1, 0.15) is 0 Å². The number of aliphatic hydroxyl groups excluding tert-OH is 1. The Bertz CT molecular complexity index is 192. The summed E-state index contributed by atoms with van der Waals surface area (Å²) in [7, 11) is 2.22. The second-order valence-corrected chi connectivity index (χ2v) is 5.09. The van der Waals surface area contributed by atoms with E-state index in [-0.39, 0.29) is 0 Å². The van der Waals surface area contributed by atoms with Crippen molar-refractivity contribution in [1.82, 2.24) is 9.80 Å². The molecule has 2 fully saturated rings. The normalized spacial score (nSPS) is 31.5. The lowest BCUT2D eigenvalue weighted by molar-refractivity contribution is 0.0800. The highest BCUT2D eigenvalue weighted by Crippen LogP contribution is 2.38. The van der Waals surface area contributed by atoms with Crippen molar-refractivity contribution in [3.63, 3.8) is 0 Å². The van der Waals surface area contributed by atoms with E-state index in [1.54, 1.807) is 0 Å². The predicted molar refractivity (Wildman–Crippen MR) is 68.7 cm³/mol. The lowest BCUT2D eigenvalue weighted by Gasteiger charge is -2.40. The van der Waals surface area contributed by atoms with Crippen LogP contribution in [-0.2, 0) is 0 Å². The van der Waals surface area contributed by atoms with Gasteiger partial charge in [0.2, 0.25) is 0 Å². The molecule has 0 saturated carbocycles. The van der Waals surface area contributed by atoms with Gasteiger partial charge in [0.25, 0.3) is 0 Å². The van der Waals surface area contributed by atoms with Crippen LogP contribution in [0.25, 0.3) is 0 Å². The molecule has 3 heteroatoms. The van der Waals surface area contributed by atoms with E-state index in [1.165, 1.54) is 45.4 Å². The molecule has 0 aromatic heterocycles. The number of piperidine rings is 1. The summed E-state index contributed by atoms with van der Waals surface area (Å²) in [5.74, 6) is 0. The van der Waals surface area contributed by atoms with E-state index >= 15 is 0 Å². The van der Waals surface area contributed by atoms with Gasteiger partial charge >= 0.3 is 0 Å². The fourth-order valence-corrected chi connectivity index (χ4v) is 3.13. The van der Waals surface area contributed by atoms with Crippen molar-refractivity contribution in [2.24, 2.45) is 5.41 Å². The molecule has 3 nitrogen and oxygen atoms in total. The zero-order valence-corrected chi connectivity index (χ0v) is 11.2. The van der Waals surface area contributed by atoms with E-state index in [9.17, 15) is 0 Å². The largest absolute Gasteiger partial charge is 0.395 e. The number of nitrogens with zero attached hydrogens (tertiary/aromatic N) is 2. The lowest BCUT2D eigenvalue weighted by Crippen LogP contribution is -2.45. The molecule has 0 amide bonds. The molecular weight excluding hydrogens is 200 g/mol. The van der Waals surface area contributed by atoms with Crippen molar-refractivity contribution in [3.05, 3.63) is 0 Å². The average molecular weight is 228 g/mol. The van der Waals surface area contributed by atoms with Gasteiger partial charge in [0, 0.05) is 19.6 Å². The number of likely N-dealkylation sites (tertiary alicyclic amines) is 2. The van der Waals surface area contributed by atoms with Gasteiger partial charge in [-0.25, -0.2) is 0 Å². The van der Waals surface area contributed by atoms with Crippen LogP contribution in [0.1, 0.15) is 33.1 Å². The first-order valence-corrected chi connectivity index (χ1v) is 6.76. The minimum atomic E-state index is 0.311. The van der Waals surface area contributed by atoms with Crippen molar-refractivity contribution >= 4 is 0 Å². The SMILES string of the molecule is CC.CN1CCC2(CCCN(CCO)C2)C1. The first-order chi connectivity index (χ1) is 7.74. The first-order valence-electron chi connectivity index (χ1n) is 6.76. The van der Waals surface area contributed by atoms with E-state index in [1.807, 2.05) is 13.8 Å². The van der Waals surface area contributed by atoms with Crippen LogP contribution < -0.4 is 0 Å². The van der Waals surface area contributed by atoms with Crippen LogP contribution in [-0.4, -0.2) is 61.3 Å². The first kappa shape index (κ1) is 13.9. The van der Waals surface area contributed by atoms with Crippen LogP contribution in [0.5, 0.6) is 0 Å². The maximum atomic E-state index is 8.95. The zero-order chi connectivity index (χ0) is 12.0. The topological polar surface area (TPSA) is 26.7 Å². The van der Waals surface area contributed by atoms with Crippen LogP contribution in [0.3, 0.4) is 0 Å². The van der Waals surface area contributed by atoms with Gasteiger partial charge in [0.05, 0.1) is 6.61 Å². The third-order valence-corrected chi connectivity index (χ3v) is 3.79. The van der Waals surface area contributed by atoms with Gasteiger partial charge in [-0.1, -0.05) is 13.8 Å². The van der Waals surface area contributed by atoms with Gasteiger partial charge in [-0.3, -0.25) is 0 Å². The molecule has 2 aliphatic rings. The second kappa shape index (κ2) is 6.58. The van der Waals surface area contributed by atoms with Gasteiger partial charge in [-0.15, -0.1) is 0 Å². The molecule has 0 radical (unpaired) electrons. The summed E-state index contributed by atoms with van der Waals surface area (Å²) in [5, 5.41) is 8.95. The molecule has 2 heterocycles. The summed E-state index contributed by atoms with van der Waals surface area (Å²) in [6.07, 6.45) is 4.05. The minimum absolute atomic E-state index is 0.311. The predicted octanol–water partition coefficient (Wildman–Crippen LogP) is 1.42. The molecule has 0 aromatic rings. The second-order valence-electron chi connectivity index (χ2n) is 5.09. The van der Waals surface area contributed by atoms with E-state index in [0.29, 0.717) is 12.0 Å². The Hall–Kier alpha value is -0.120. The van der Waals surface area contributed by atoms with Crippen molar-refractivity contribution < 1.29 is 5.11 Å². The van der Waals surface area contributed by atoms with Crippen LogP contribution >= 0.6 is 0 Å². The summed E-state index contributed by atoms with van der Waals surface area (Å²) >= 11 is 0. The highest BCUT2D eigenvalue weighted by molar-refractivity contribution is 4.93. The van der Waals surface area contributed by atoms with Gasteiger partial charge in [0.15, 0.2) is 0 Å². The van der Waals surface area contributed by atoms with Crippen molar-refractivity contribution in [2.45, 2.75) is 33.1 Å². The Balaban J connectivity index is 0.000000606. The van der Waals surface area contributed by atoms with Crippen molar-refractivity contribution in [3.8, 4) is 0 Å². The molecule has 16 heavy (non-hydrogen) atoms. The maximum Gasteiger partial charge on any atom is 0.0558 e. The number of β-amino-alcohol motifs (C(OH)–C–C–N with tert-alkyl or cyclic N) is 1. The summed E-state index contributed by atoms with van der Waals surface area (Å²) in [6, 6.07) is 0. The van der Waals surface area contributed by atoms with Crippen molar-refractivity contribution in [1.29, 1.82) is 0 Å². The van der Waals surface area contributed by atoms with Gasteiger partial charge < -0.3 is 14.9 Å². The van der Waals surface area contributed by atoms with Crippen LogP contribution in [0.2, 0.25) is 0 Å². The molecule has 2 saturated heterocycles. The maximum absolute atomic E-state index is 8.95. The Kier molecular flexibility index (Phi) is 5.73.